The van der Waals surface area contributed by atoms with Crippen LogP contribution in [0.5, 0.6) is 0 Å². The summed E-state index contributed by atoms with van der Waals surface area (Å²) in [7, 11) is 0. The summed E-state index contributed by atoms with van der Waals surface area (Å²) in [6, 6.07) is 0.411. The molecule has 0 spiro atoms. The zero-order chi connectivity index (χ0) is 8.93. The minimum atomic E-state index is 0.255. The zero-order valence-corrected chi connectivity index (χ0v) is 8.05. The average molecular weight is 167 g/mol. The van der Waals surface area contributed by atoms with Crippen LogP contribution >= 0.6 is 0 Å². The summed E-state index contributed by atoms with van der Waals surface area (Å²) in [5.74, 6) is 1.68. The van der Waals surface area contributed by atoms with Crippen LogP contribution in [0, 0.1) is 17.3 Å². The number of hydrogen-bond acceptors (Lipinski definition) is 1. The highest BCUT2D eigenvalue weighted by atomic mass is 16.1. The standard InChI is InChI=1S/C10H17NO/c1-6(2)10-4-8(10)7(3)11-9(12)5-10/h6-8H,4-5H2,1-3H3,(H,11,12)/t7?,8?,10-/m1/s1. The van der Waals surface area contributed by atoms with Gasteiger partial charge in [0.05, 0.1) is 0 Å². The molecule has 1 saturated carbocycles. The molecule has 2 unspecified atom stereocenters. The van der Waals surface area contributed by atoms with Gasteiger partial charge >= 0.3 is 0 Å². The van der Waals surface area contributed by atoms with Crippen molar-refractivity contribution in [1.82, 2.24) is 5.32 Å². The number of fused-ring (bicyclic) bond motifs is 1. The molecule has 1 N–H and O–H groups in total. The van der Waals surface area contributed by atoms with Crippen molar-refractivity contribution in [2.24, 2.45) is 17.3 Å². The molecule has 1 saturated heterocycles. The first kappa shape index (κ1) is 8.09. The van der Waals surface area contributed by atoms with Crippen molar-refractivity contribution in [1.29, 1.82) is 0 Å². The van der Waals surface area contributed by atoms with Crippen molar-refractivity contribution in [3.05, 3.63) is 0 Å². The van der Waals surface area contributed by atoms with Crippen molar-refractivity contribution >= 4 is 5.91 Å². The summed E-state index contributed by atoms with van der Waals surface area (Å²) in [5.41, 5.74) is 0.377. The number of amides is 1. The van der Waals surface area contributed by atoms with Crippen LogP contribution in [0.3, 0.4) is 0 Å². The Hall–Kier alpha value is -0.530. The van der Waals surface area contributed by atoms with E-state index < -0.39 is 0 Å². The van der Waals surface area contributed by atoms with Gasteiger partial charge in [-0.25, -0.2) is 0 Å². The maximum absolute atomic E-state index is 11.3. The van der Waals surface area contributed by atoms with Gasteiger partial charge in [0.15, 0.2) is 0 Å². The molecule has 2 nitrogen and oxygen atoms in total. The van der Waals surface area contributed by atoms with E-state index in [4.69, 9.17) is 0 Å². The van der Waals surface area contributed by atoms with E-state index in [0.717, 1.165) is 12.3 Å². The molecule has 2 heteroatoms. The van der Waals surface area contributed by atoms with E-state index >= 15 is 0 Å². The third kappa shape index (κ3) is 0.900. The first-order chi connectivity index (χ1) is 5.56. The SMILES string of the molecule is CC1NC(=O)C[C@@]2(C(C)C)CC12. The van der Waals surface area contributed by atoms with Gasteiger partial charge in [0, 0.05) is 12.5 Å². The number of nitrogens with one attached hydrogen (secondary N) is 1. The molecule has 1 amide bonds. The van der Waals surface area contributed by atoms with Crippen molar-refractivity contribution in [3.8, 4) is 0 Å². The fourth-order valence-corrected chi connectivity index (χ4v) is 2.80. The van der Waals surface area contributed by atoms with Gasteiger partial charge in [-0.05, 0) is 30.6 Å². The summed E-state index contributed by atoms with van der Waals surface area (Å²) >= 11 is 0. The van der Waals surface area contributed by atoms with Crippen molar-refractivity contribution < 1.29 is 4.79 Å². The van der Waals surface area contributed by atoms with Crippen LogP contribution in [0.25, 0.3) is 0 Å². The van der Waals surface area contributed by atoms with E-state index in [1.165, 1.54) is 6.42 Å². The van der Waals surface area contributed by atoms with Crippen LogP contribution in [0.2, 0.25) is 0 Å². The van der Waals surface area contributed by atoms with E-state index in [9.17, 15) is 4.79 Å². The van der Waals surface area contributed by atoms with Gasteiger partial charge in [-0.1, -0.05) is 13.8 Å². The number of rotatable bonds is 1. The maximum atomic E-state index is 11.3. The van der Waals surface area contributed by atoms with Crippen LogP contribution < -0.4 is 5.32 Å². The summed E-state index contributed by atoms with van der Waals surface area (Å²) < 4.78 is 0. The third-order valence-corrected chi connectivity index (χ3v) is 3.81. The molecule has 0 radical (unpaired) electrons. The lowest BCUT2D eigenvalue weighted by atomic mass is 9.82. The highest BCUT2D eigenvalue weighted by Gasteiger charge is 2.61. The second-order valence-electron chi connectivity index (χ2n) is 4.73. The quantitative estimate of drug-likeness (QED) is 0.631. The second kappa shape index (κ2) is 2.24. The molecule has 12 heavy (non-hydrogen) atoms. The predicted octanol–water partition coefficient (Wildman–Crippen LogP) is 1.56. The van der Waals surface area contributed by atoms with Crippen LogP contribution in [-0.2, 0) is 4.79 Å². The molecule has 0 aromatic rings. The Labute approximate surface area is 73.7 Å². The summed E-state index contributed by atoms with van der Waals surface area (Å²) in [6.07, 6.45) is 2.02. The lowest BCUT2D eigenvalue weighted by molar-refractivity contribution is -0.125. The monoisotopic (exact) mass is 167 g/mol. The van der Waals surface area contributed by atoms with Gasteiger partial charge in [0.1, 0.15) is 0 Å². The average Bonchev–Trinajstić information content (AvgIpc) is 2.63. The van der Waals surface area contributed by atoms with Crippen molar-refractivity contribution in [2.45, 2.75) is 39.7 Å². The van der Waals surface area contributed by atoms with Gasteiger partial charge in [-0.15, -0.1) is 0 Å². The van der Waals surface area contributed by atoms with Gasteiger partial charge in [-0.3, -0.25) is 4.79 Å². The predicted molar refractivity (Wildman–Crippen MR) is 47.6 cm³/mol. The minimum Gasteiger partial charge on any atom is -0.353 e. The van der Waals surface area contributed by atoms with Gasteiger partial charge in [-0.2, -0.15) is 0 Å². The summed E-state index contributed by atoms with van der Waals surface area (Å²) in [4.78, 5) is 11.3. The van der Waals surface area contributed by atoms with Gasteiger partial charge in [0.25, 0.3) is 0 Å². The Morgan fingerprint density at radius 1 is 1.58 bits per heavy atom. The van der Waals surface area contributed by atoms with E-state index in [1.807, 2.05) is 0 Å². The Kier molecular flexibility index (Phi) is 1.51. The highest BCUT2D eigenvalue weighted by molar-refractivity contribution is 5.79. The largest absolute Gasteiger partial charge is 0.353 e. The van der Waals surface area contributed by atoms with Gasteiger partial charge in [0.2, 0.25) is 5.91 Å². The molecule has 0 aromatic heterocycles. The molecule has 0 bridgehead atoms. The first-order valence-corrected chi connectivity index (χ1v) is 4.85. The lowest BCUT2D eigenvalue weighted by Gasteiger charge is -2.29. The minimum absolute atomic E-state index is 0.255. The Balaban J connectivity index is 2.17. The smallest absolute Gasteiger partial charge is 0.220 e. The number of hydrogen-bond donors (Lipinski definition) is 1. The van der Waals surface area contributed by atoms with E-state index in [2.05, 4.69) is 26.1 Å². The van der Waals surface area contributed by atoms with Crippen LogP contribution in [-0.4, -0.2) is 11.9 Å². The molecule has 2 fully saturated rings. The Morgan fingerprint density at radius 3 is 2.83 bits per heavy atom. The van der Waals surface area contributed by atoms with Crippen LogP contribution in [0.15, 0.2) is 0 Å². The number of piperidine rings is 1. The normalized spacial score (nSPS) is 45.5. The van der Waals surface area contributed by atoms with Crippen LogP contribution in [0.1, 0.15) is 33.6 Å². The molecule has 0 aromatic carbocycles. The number of carbonyl (C=O) groups excluding carboxylic acids is 1. The highest BCUT2D eigenvalue weighted by Crippen LogP contribution is 2.63. The fourth-order valence-electron chi connectivity index (χ4n) is 2.80. The molecule has 3 atom stereocenters. The number of carbonyl (C=O) groups is 1. The summed E-state index contributed by atoms with van der Waals surface area (Å²) in [5, 5.41) is 3.01. The van der Waals surface area contributed by atoms with E-state index in [1.54, 1.807) is 0 Å². The first-order valence-electron chi connectivity index (χ1n) is 4.85. The zero-order valence-electron chi connectivity index (χ0n) is 8.05. The molecular formula is C10H17NO. The molecule has 68 valence electrons. The van der Waals surface area contributed by atoms with E-state index in [0.29, 0.717) is 17.4 Å². The molecule has 1 heterocycles. The molecule has 1 aliphatic carbocycles. The molecule has 2 aliphatic rings. The van der Waals surface area contributed by atoms with Gasteiger partial charge < -0.3 is 5.32 Å². The summed E-state index contributed by atoms with van der Waals surface area (Å²) in [6.45, 7) is 6.61. The topological polar surface area (TPSA) is 29.1 Å². The maximum Gasteiger partial charge on any atom is 0.220 e. The molecular weight excluding hydrogens is 150 g/mol. The molecule has 1 aliphatic heterocycles. The lowest BCUT2D eigenvalue weighted by Crippen LogP contribution is -2.43. The van der Waals surface area contributed by atoms with Crippen LogP contribution in [0.4, 0.5) is 0 Å². The molecule has 2 rings (SSSR count). The van der Waals surface area contributed by atoms with Crippen molar-refractivity contribution in [3.63, 3.8) is 0 Å². The Morgan fingerprint density at radius 2 is 2.25 bits per heavy atom. The fraction of sp³-hybridized carbons (Fsp3) is 0.900. The van der Waals surface area contributed by atoms with Crippen molar-refractivity contribution in [2.75, 3.05) is 0 Å². The van der Waals surface area contributed by atoms with E-state index in [-0.39, 0.29) is 5.91 Å². The Bertz CT molecular complexity index is 224. The second-order valence-corrected chi connectivity index (χ2v) is 4.73. The third-order valence-electron chi connectivity index (χ3n) is 3.81.